The highest BCUT2D eigenvalue weighted by Crippen LogP contribution is 2.30. The third-order valence-corrected chi connectivity index (χ3v) is 7.75. The van der Waals surface area contributed by atoms with Gasteiger partial charge in [-0.15, -0.1) is 4.73 Å². The Kier molecular flexibility index (Phi) is 9.72. The molecule has 1 fully saturated rings. The second-order valence-electron chi connectivity index (χ2n) is 10.8. The van der Waals surface area contributed by atoms with E-state index in [1.165, 1.54) is 6.92 Å². The molecule has 2 aliphatic carbocycles. The summed E-state index contributed by atoms with van der Waals surface area (Å²) in [5, 5.41) is 22.0. The van der Waals surface area contributed by atoms with Crippen LogP contribution in [0.4, 0.5) is 4.79 Å². The number of carbonyl (C=O) groups excluding carboxylic acids is 3. The van der Waals surface area contributed by atoms with Gasteiger partial charge in [-0.3, -0.25) is 14.4 Å². The molecule has 11 heteroatoms. The number of benzene rings is 2. The molecule has 2 aromatic carbocycles. The number of nitrogens with one attached hydrogen (secondary N) is 1. The molecule has 1 aromatic heterocycles. The zero-order valence-corrected chi connectivity index (χ0v) is 24.2. The molecule has 1 saturated carbocycles. The Labute approximate surface area is 254 Å². The van der Waals surface area contributed by atoms with Crippen molar-refractivity contribution in [1.82, 2.24) is 10.0 Å². The van der Waals surface area contributed by atoms with Crippen LogP contribution in [0.3, 0.4) is 0 Å². The van der Waals surface area contributed by atoms with Crippen LogP contribution in [0.15, 0.2) is 60.7 Å². The number of nitrogens with zero attached hydrogens (tertiary/aromatic N) is 1. The van der Waals surface area contributed by atoms with Crippen LogP contribution >= 0.6 is 0 Å². The van der Waals surface area contributed by atoms with Gasteiger partial charge >= 0.3 is 12.1 Å². The summed E-state index contributed by atoms with van der Waals surface area (Å²) in [6.45, 7) is 1.75. The minimum Gasteiger partial charge on any atom is -0.492 e. The number of rotatable bonds is 9. The number of hydrogen-bond acceptors (Lipinski definition) is 9. The second kappa shape index (κ2) is 14.0. The Morgan fingerprint density at radius 3 is 2.32 bits per heavy atom. The number of ether oxygens (including phenoxy) is 3. The lowest BCUT2D eigenvalue weighted by Crippen LogP contribution is -2.35. The van der Waals surface area contributed by atoms with E-state index in [4.69, 9.17) is 14.2 Å². The monoisotopic (exact) mass is 602 g/mol. The molecule has 11 nitrogen and oxygen atoms in total. The van der Waals surface area contributed by atoms with E-state index in [1.807, 2.05) is 48.5 Å². The Hall–Kier alpha value is -4.95. The molecule has 5 rings (SSSR count). The van der Waals surface area contributed by atoms with E-state index >= 15 is 0 Å². The first-order valence-corrected chi connectivity index (χ1v) is 14.5. The van der Waals surface area contributed by atoms with Gasteiger partial charge in [-0.05, 0) is 54.9 Å². The summed E-state index contributed by atoms with van der Waals surface area (Å²) in [6.07, 6.45) is 0.363. The number of amides is 1. The molecule has 2 aliphatic rings. The second-order valence-corrected chi connectivity index (χ2v) is 10.8. The van der Waals surface area contributed by atoms with Crippen LogP contribution in [-0.2, 0) is 30.2 Å². The van der Waals surface area contributed by atoms with E-state index in [0.29, 0.717) is 30.5 Å². The maximum Gasteiger partial charge on any atom is 0.537 e. The van der Waals surface area contributed by atoms with Gasteiger partial charge in [-0.2, -0.15) is 0 Å². The molecule has 2 unspecified atom stereocenters. The van der Waals surface area contributed by atoms with E-state index in [9.17, 15) is 24.6 Å². The molecule has 0 saturated heterocycles. The lowest BCUT2D eigenvalue weighted by molar-refractivity contribution is -0.174. The van der Waals surface area contributed by atoms with Crippen LogP contribution in [0.5, 0.6) is 11.8 Å². The number of esters is 1. The lowest BCUT2D eigenvalue weighted by Gasteiger charge is -2.28. The van der Waals surface area contributed by atoms with Crippen LogP contribution < -0.4 is 10.2 Å². The van der Waals surface area contributed by atoms with Crippen molar-refractivity contribution in [3.05, 3.63) is 82.9 Å². The highest BCUT2D eigenvalue weighted by atomic mass is 16.9. The summed E-state index contributed by atoms with van der Waals surface area (Å²) < 4.78 is 16.7. The average Bonchev–Trinajstić information content (AvgIpc) is 3.32. The van der Waals surface area contributed by atoms with Crippen molar-refractivity contribution in [3.63, 3.8) is 0 Å². The first-order chi connectivity index (χ1) is 21.3. The average molecular weight is 603 g/mol. The van der Waals surface area contributed by atoms with Crippen LogP contribution in [0, 0.1) is 23.7 Å². The van der Waals surface area contributed by atoms with Gasteiger partial charge in [0.1, 0.15) is 6.61 Å². The van der Waals surface area contributed by atoms with Crippen molar-refractivity contribution < 1.29 is 43.6 Å². The molecule has 0 aliphatic heterocycles. The Morgan fingerprint density at radius 1 is 0.909 bits per heavy atom. The summed E-state index contributed by atoms with van der Waals surface area (Å²) >= 11 is 0. The van der Waals surface area contributed by atoms with Crippen molar-refractivity contribution in [2.45, 2.75) is 51.4 Å². The van der Waals surface area contributed by atoms with Crippen molar-refractivity contribution in [3.8, 4) is 23.6 Å². The fourth-order valence-electron chi connectivity index (χ4n) is 5.40. The maximum absolute atomic E-state index is 12.7. The molecule has 1 amide bonds. The van der Waals surface area contributed by atoms with Crippen molar-refractivity contribution in [2.24, 2.45) is 11.8 Å². The highest BCUT2D eigenvalue weighted by molar-refractivity contribution is 5.77. The molecule has 230 valence electrons. The van der Waals surface area contributed by atoms with Gasteiger partial charge in [-0.1, -0.05) is 48.2 Å². The van der Waals surface area contributed by atoms with E-state index < -0.39 is 30.2 Å². The predicted molar refractivity (Wildman–Crippen MR) is 156 cm³/mol. The van der Waals surface area contributed by atoms with E-state index in [-0.39, 0.29) is 30.5 Å². The van der Waals surface area contributed by atoms with Gasteiger partial charge in [0.05, 0.1) is 12.0 Å². The fourth-order valence-corrected chi connectivity index (χ4v) is 5.40. The third kappa shape index (κ3) is 7.71. The molecule has 1 heterocycles. The van der Waals surface area contributed by atoms with Gasteiger partial charge in [0.25, 0.3) is 0 Å². The number of fused-ring (bicyclic) bond motifs is 2. The zero-order chi connectivity index (χ0) is 31.1. The summed E-state index contributed by atoms with van der Waals surface area (Å²) in [7, 11) is 0. The Bertz CT molecular complexity index is 1540. The molecule has 2 atom stereocenters. The largest absolute Gasteiger partial charge is 0.537 e. The minimum atomic E-state index is -1.27. The highest BCUT2D eigenvalue weighted by Gasteiger charge is 2.30. The first kappa shape index (κ1) is 30.5. The van der Waals surface area contributed by atoms with E-state index in [1.54, 1.807) is 0 Å². The van der Waals surface area contributed by atoms with Gasteiger partial charge in [0.2, 0.25) is 24.0 Å². The smallest absolute Gasteiger partial charge is 0.492 e. The fraction of sp³-hybridized carbons (Fsp3) is 0.364. The molecule has 3 N–H and O–H groups in total. The molecule has 3 aromatic rings. The van der Waals surface area contributed by atoms with Crippen LogP contribution in [0.25, 0.3) is 0 Å². The first-order valence-electron chi connectivity index (χ1n) is 14.5. The summed E-state index contributed by atoms with van der Waals surface area (Å²) in [5.74, 6) is 4.61. The lowest BCUT2D eigenvalue weighted by atomic mass is 9.82. The van der Waals surface area contributed by atoms with Crippen molar-refractivity contribution in [1.29, 1.82) is 0 Å². The van der Waals surface area contributed by atoms with Crippen LogP contribution in [-0.4, -0.2) is 52.4 Å². The predicted octanol–water partition coefficient (Wildman–Crippen LogP) is 3.99. The minimum absolute atomic E-state index is 0.0832. The molecule has 0 bridgehead atoms. The number of aromatic nitrogens is 1. The zero-order valence-electron chi connectivity index (χ0n) is 24.2. The topological polar surface area (TPSA) is 146 Å². The Balaban J connectivity index is 1.03. The van der Waals surface area contributed by atoms with Crippen molar-refractivity contribution in [2.75, 3.05) is 13.2 Å². The van der Waals surface area contributed by atoms with Gasteiger partial charge in [0.15, 0.2) is 0 Å². The van der Waals surface area contributed by atoms with E-state index in [2.05, 4.69) is 22.0 Å². The maximum atomic E-state index is 12.7. The molecule has 0 radical (unpaired) electrons. The number of carbonyl (C=O) groups is 3. The molecular formula is C33H34N2O9. The van der Waals surface area contributed by atoms with Crippen LogP contribution in [0.1, 0.15) is 61.0 Å². The summed E-state index contributed by atoms with van der Waals surface area (Å²) in [6, 6.07) is 18.0. The van der Waals surface area contributed by atoms with Crippen LogP contribution in [0.2, 0.25) is 0 Å². The Morgan fingerprint density at radius 2 is 1.57 bits per heavy atom. The third-order valence-electron chi connectivity index (χ3n) is 7.75. The van der Waals surface area contributed by atoms with Gasteiger partial charge in [-0.25, -0.2) is 4.79 Å². The molecule has 0 spiro atoms. The quantitative estimate of drug-likeness (QED) is 0.188. The normalized spacial score (nSPS) is 19.4. The van der Waals surface area contributed by atoms with Gasteiger partial charge < -0.3 is 29.7 Å². The SMILES string of the molecule is CC(OC(=O)On1c(O)ccc1O)OC(=O)C1CCC(CNC(=O)COC2Cc3ccccc3C#Cc3ccccc32)CC1. The summed E-state index contributed by atoms with van der Waals surface area (Å²) in [5.41, 5.74) is 3.89. The molecular weight excluding hydrogens is 568 g/mol. The van der Waals surface area contributed by atoms with Crippen molar-refractivity contribution >= 4 is 18.0 Å². The standard InChI is InChI=1S/C33H34N2O9/c1-21(43-33(40)44-35-30(37)16-17-31(35)38)42-32(39)25-12-10-22(11-13-25)19-34-29(36)20-41-28-18-26-8-3-2-6-23(26)14-15-24-7-4-5-9-27(24)28/h2-9,16-17,21-22,25,28,37-38H,10-13,18-20H2,1H3,(H,34,36). The number of hydrogen-bond donors (Lipinski definition) is 3. The number of aromatic hydroxyl groups is 2. The molecule has 44 heavy (non-hydrogen) atoms. The summed E-state index contributed by atoms with van der Waals surface area (Å²) in [4.78, 5) is 41.9. The van der Waals surface area contributed by atoms with Gasteiger partial charge in [0, 0.05) is 43.1 Å². The van der Waals surface area contributed by atoms with E-state index in [0.717, 1.165) is 47.2 Å².